The number of aromatic hydroxyl groups is 1. The van der Waals surface area contributed by atoms with Gasteiger partial charge in [-0.3, -0.25) is 14.5 Å². The van der Waals surface area contributed by atoms with Crippen molar-refractivity contribution in [3.63, 3.8) is 0 Å². The van der Waals surface area contributed by atoms with Gasteiger partial charge in [-0.1, -0.05) is 17.4 Å². The minimum Gasteiger partial charge on any atom is -0.507 e. The number of thiazole rings is 1. The number of phenols is 1. The summed E-state index contributed by atoms with van der Waals surface area (Å²) in [4.78, 5) is 32.8. The van der Waals surface area contributed by atoms with E-state index >= 15 is 0 Å². The number of anilines is 1. The van der Waals surface area contributed by atoms with Gasteiger partial charge < -0.3 is 24.4 Å². The molecule has 1 saturated heterocycles. The van der Waals surface area contributed by atoms with Crippen LogP contribution in [0.25, 0.3) is 16.0 Å². The quantitative estimate of drug-likeness (QED) is 0.193. The molecule has 0 aliphatic carbocycles. The van der Waals surface area contributed by atoms with Crippen LogP contribution in [0, 0.1) is 0 Å². The number of carbonyl (C=O) groups excluding carboxylic acids is 2. The standard InChI is InChI=1S/C28H24N2O7S/c1-4-37-18-10-11-19-22(14-18)38-28(29-19)30-24(16-7-12-20(31)21(13-16)36-3)23(26(33)27(30)34)25(32)15-5-8-17(35-2)9-6-15/h5-14,24,31-32H,4H2,1-3H3. The molecule has 1 amide bonds. The molecule has 1 aromatic heterocycles. The summed E-state index contributed by atoms with van der Waals surface area (Å²) in [5.74, 6) is -0.745. The molecule has 1 unspecified atom stereocenters. The van der Waals surface area contributed by atoms with Gasteiger partial charge in [0.25, 0.3) is 5.78 Å². The first-order valence-corrected chi connectivity index (χ1v) is 12.5. The van der Waals surface area contributed by atoms with Crippen molar-refractivity contribution in [1.82, 2.24) is 4.98 Å². The van der Waals surface area contributed by atoms with Crippen molar-refractivity contribution in [2.75, 3.05) is 25.7 Å². The van der Waals surface area contributed by atoms with Crippen molar-refractivity contribution in [2.24, 2.45) is 0 Å². The van der Waals surface area contributed by atoms with Gasteiger partial charge in [0.15, 0.2) is 16.6 Å². The number of ether oxygens (including phenoxy) is 3. The molecule has 9 nitrogen and oxygen atoms in total. The third kappa shape index (κ3) is 4.28. The highest BCUT2D eigenvalue weighted by atomic mass is 32.1. The molecule has 1 aliphatic heterocycles. The highest BCUT2D eigenvalue weighted by molar-refractivity contribution is 7.22. The van der Waals surface area contributed by atoms with Gasteiger partial charge in [0.1, 0.15) is 17.3 Å². The fourth-order valence-corrected chi connectivity index (χ4v) is 5.39. The normalized spacial score (nSPS) is 16.7. The van der Waals surface area contributed by atoms with Crippen LogP contribution in [0.1, 0.15) is 24.1 Å². The maximum atomic E-state index is 13.5. The van der Waals surface area contributed by atoms with Crippen molar-refractivity contribution in [1.29, 1.82) is 0 Å². The number of amides is 1. The van der Waals surface area contributed by atoms with E-state index in [9.17, 15) is 19.8 Å². The van der Waals surface area contributed by atoms with Gasteiger partial charge in [-0.15, -0.1) is 0 Å². The van der Waals surface area contributed by atoms with Gasteiger partial charge in [-0.05, 0) is 67.1 Å². The Labute approximate surface area is 222 Å². The van der Waals surface area contributed by atoms with E-state index in [1.54, 1.807) is 42.5 Å². The van der Waals surface area contributed by atoms with Crippen molar-refractivity contribution < 1.29 is 34.0 Å². The molecule has 1 aliphatic rings. The van der Waals surface area contributed by atoms with Gasteiger partial charge in [-0.25, -0.2) is 4.98 Å². The molecule has 0 radical (unpaired) electrons. The number of methoxy groups -OCH3 is 2. The summed E-state index contributed by atoms with van der Waals surface area (Å²) in [7, 11) is 2.92. The smallest absolute Gasteiger partial charge is 0.301 e. The third-order valence-corrected chi connectivity index (χ3v) is 7.21. The van der Waals surface area contributed by atoms with Crippen molar-refractivity contribution in [3.8, 4) is 23.0 Å². The molecule has 0 saturated carbocycles. The topological polar surface area (TPSA) is 118 Å². The van der Waals surface area contributed by atoms with Gasteiger partial charge in [-0.2, -0.15) is 0 Å². The number of fused-ring (bicyclic) bond motifs is 1. The van der Waals surface area contributed by atoms with E-state index in [1.165, 1.54) is 42.6 Å². The van der Waals surface area contributed by atoms with E-state index in [4.69, 9.17) is 14.2 Å². The molecule has 38 heavy (non-hydrogen) atoms. The van der Waals surface area contributed by atoms with Gasteiger partial charge in [0.2, 0.25) is 0 Å². The second-order valence-corrected chi connectivity index (χ2v) is 9.40. The van der Waals surface area contributed by atoms with Crippen LogP contribution in [0.4, 0.5) is 5.13 Å². The Morgan fingerprint density at radius 2 is 1.74 bits per heavy atom. The first-order valence-electron chi connectivity index (χ1n) is 11.7. The molecule has 2 N–H and O–H groups in total. The first-order chi connectivity index (χ1) is 18.4. The molecular formula is C28H24N2O7S. The first kappa shape index (κ1) is 25.1. The van der Waals surface area contributed by atoms with Gasteiger partial charge in [0.05, 0.1) is 42.7 Å². The Balaban J connectivity index is 1.70. The lowest BCUT2D eigenvalue weighted by atomic mass is 9.95. The molecule has 10 heteroatoms. The minimum atomic E-state index is -1.03. The number of ketones is 1. The van der Waals surface area contributed by atoms with Gasteiger partial charge in [0, 0.05) is 5.56 Å². The predicted molar refractivity (Wildman–Crippen MR) is 143 cm³/mol. The lowest BCUT2D eigenvalue weighted by Gasteiger charge is -2.23. The zero-order valence-corrected chi connectivity index (χ0v) is 21.6. The SMILES string of the molecule is CCOc1ccc2nc(N3C(=O)C(=O)C(=C(O)c4ccc(OC)cc4)C3c3ccc(O)c(OC)c3)sc2c1. The lowest BCUT2D eigenvalue weighted by Crippen LogP contribution is -2.29. The summed E-state index contributed by atoms with van der Waals surface area (Å²) < 4.78 is 16.8. The van der Waals surface area contributed by atoms with Crippen LogP contribution in [0.2, 0.25) is 0 Å². The molecule has 1 atom stereocenters. The highest BCUT2D eigenvalue weighted by Crippen LogP contribution is 2.46. The third-order valence-electron chi connectivity index (χ3n) is 6.19. The number of aromatic nitrogens is 1. The highest BCUT2D eigenvalue weighted by Gasteiger charge is 2.48. The predicted octanol–water partition coefficient (Wildman–Crippen LogP) is 5.04. The van der Waals surface area contributed by atoms with Gasteiger partial charge >= 0.3 is 5.91 Å². The van der Waals surface area contributed by atoms with E-state index in [0.29, 0.717) is 34.7 Å². The maximum absolute atomic E-state index is 13.5. The molecular weight excluding hydrogens is 508 g/mol. The summed E-state index contributed by atoms with van der Waals surface area (Å²) >= 11 is 1.23. The molecule has 5 rings (SSSR count). The number of aliphatic hydroxyl groups excluding tert-OH is 1. The lowest BCUT2D eigenvalue weighted by molar-refractivity contribution is -0.132. The number of carbonyl (C=O) groups is 2. The molecule has 1 fully saturated rings. The number of hydrogen-bond acceptors (Lipinski definition) is 9. The Morgan fingerprint density at radius 3 is 2.42 bits per heavy atom. The maximum Gasteiger partial charge on any atom is 0.301 e. The van der Waals surface area contributed by atoms with E-state index < -0.39 is 17.7 Å². The summed E-state index contributed by atoms with van der Waals surface area (Å²) in [6.07, 6.45) is 0. The van der Waals surface area contributed by atoms with E-state index in [0.717, 1.165) is 4.70 Å². The number of phenolic OH excluding ortho intramolecular Hbond substituents is 1. The Hall–Kier alpha value is -4.57. The van der Waals surface area contributed by atoms with Crippen molar-refractivity contribution in [2.45, 2.75) is 13.0 Å². The molecule has 0 bridgehead atoms. The Bertz CT molecular complexity index is 1580. The van der Waals surface area contributed by atoms with Crippen LogP contribution in [0.5, 0.6) is 23.0 Å². The summed E-state index contributed by atoms with van der Waals surface area (Å²) in [6.45, 7) is 2.39. The van der Waals surface area contributed by atoms with Crippen LogP contribution < -0.4 is 19.1 Å². The average molecular weight is 533 g/mol. The monoisotopic (exact) mass is 532 g/mol. The van der Waals surface area contributed by atoms with E-state index in [-0.39, 0.29) is 28.0 Å². The van der Waals surface area contributed by atoms with Crippen LogP contribution in [-0.4, -0.2) is 47.7 Å². The average Bonchev–Trinajstić information content (AvgIpc) is 3.46. The second kappa shape index (κ2) is 10.1. The fraction of sp³-hybridized carbons (Fsp3) is 0.179. The fourth-order valence-electron chi connectivity index (χ4n) is 4.37. The summed E-state index contributed by atoms with van der Waals surface area (Å²) in [5, 5.41) is 21.8. The van der Waals surface area contributed by atoms with Crippen LogP contribution in [0.15, 0.2) is 66.2 Å². The molecule has 0 spiro atoms. The van der Waals surface area contributed by atoms with Crippen LogP contribution >= 0.6 is 11.3 Å². The van der Waals surface area contributed by atoms with Crippen LogP contribution in [-0.2, 0) is 9.59 Å². The molecule has 2 heterocycles. The van der Waals surface area contributed by atoms with Crippen molar-refractivity contribution in [3.05, 3.63) is 77.4 Å². The second-order valence-electron chi connectivity index (χ2n) is 8.39. The number of hydrogen-bond donors (Lipinski definition) is 2. The molecule has 3 aromatic carbocycles. The zero-order valence-electron chi connectivity index (χ0n) is 20.8. The number of aliphatic hydroxyl groups is 1. The minimum absolute atomic E-state index is 0.105. The van der Waals surface area contributed by atoms with Crippen LogP contribution in [0.3, 0.4) is 0 Å². The number of Topliss-reactive ketones (excluding diaryl/α,β-unsaturated/α-hetero) is 1. The summed E-state index contributed by atoms with van der Waals surface area (Å²) in [5.41, 5.74) is 1.31. The van der Waals surface area contributed by atoms with E-state index in [2.05, 4.69) is 4.98 Å². The molecule has 4 aromatic rings. The number of rotatable bonds is 7. The number of nitrogens with zero attached hydrogens (tertiary/aromatic N) is 2. The zero-order chi connectivity index (χ0) is 27.0. The largest absolute Gasteiger partial charge is 0.507 e. The van der Waals surface area contributed by atoms with Crippen molar-refractivity contribution >= 4 is 44.1 Å². The Morgan fingerprint density at radius 1 is 1.00 bits per heavy atom. The molecule has 194 valence electrons. The number of benzene rings is 3. The van der Waals surface area contributed by atoms with E-state index in [1.807, 2.05) is 13.0 Å². The Kier molecular flexibility index (Phi) is 6.64. The summed E-state index contributed by atoms with van der Waals surface area (Å²) in [6, 6.07) is 15.4.